The largest absolute Gasteiger partial charge is 0.413 e. The average molecular weight is 225 g/mol. The Morgan fingerprint density at radius 2 is 2.00 bits per heavy atom. The van der Waals surface area contributed by atoms with E-state index in [0.717, 1.165) is 0 Å². The maximum atomic E-state index is 10.3. The number of halogens is 3. The third-order valence-corrected chi connectivity index (χ3v) is 1.71. The topological polar surface area (TPSA) is 26.3 Å². The van der Waals surface area contributed by atoms with E-state index in [9.17, 15) is 4.79 Å². The van der Waals surface area contributed by atoms with Gasteiger partial charge in [0.1, 0.15) is 0 Å². The summed E-state index contributed by atoms with van der Waals surface area (Å²) >= 11 is 16.2. The highest BCUT2D eigenvalue weighted by Gasteiger charge is 2.05. The van der Waals surface area contributed by atoms with Crippen LogP contribution in [0.3, 0.4) is 0 Å². The second-order valence-corrected chi connectivity index (χ2v) is 3.07. The number of carbonyl (C=O) groups is 1. The van der Waals surface area contributed by atoms with Gasteiger partial charge in [0.2, 0.25) is 0 Å². The van der Waals surface area contributed by atoms with Crippen LogP contribution in [-0.4, -0.2) is 5.43 Å². The lowest BCUT2D eigenvalue weighted by Gasteiger charge is -2.01. The highest BCUT2D eigenvalue weighted by molar-refractivity contribution is 6.61. The fourth-order valence-electron chi connectivity index (χ4n) is 0.642. The zero-order chi connectivity index (χ0) is 9.14. The Bertz CT molecular complexity index is 312. The molecule has 12 heavy (non-hydrogen) atoms. The predicted molar refractivity (Wildman–Crippen MR) is 48.3 cm³/mol. The van der Waals surface area contributed by atoms with Crippen molar-refractivity contribution in [2.75, 3.05) is 0 Å². The van der Waals surface area contributed by atoms with Crippen molar-refractivity contribution in [3.8, 4) is 5.75 Å². The van der Waals surface area contributed by atoms with Crippen LogP contribution in [-0.2, 0) is 0 Å². The Kier molecular flexibility index (Phi) is 3.20. The molecule has 0 aliphatic heterocycles. The Hall–Kier alpha value is -0.440. The summed E-state index contributed by atoms with van der Waals surface area (Å²) in [6.45, 7) is 0. The van der Waals surface area contributed by atoms with E-state index in [1.54, 1.807) is 6.07 Å². The molecular weight excluding hydrogens is 222 g/mol. The molecular formula is C7H3Cl3O2. The maximum absolute atomic E-state index is 10.3. The highest BCUT2D eigenvalue weighted by atomic mass is 35.5. The van der Waals surface area contributed by atoms with E-state index in [0.29, 0.717) is 5.02 Å². The molecule has 0 fully saturated rings. The molecule has 0 aromatic heterocycles. The van der Waals surface area contributed by atoms with Gasteiger partial charge in [-0.15, -0.1) is 0 Å². The Balaban J connectivity index is 2.97. The van der Waals surface area contributed by atoms with E-state index in [-0.39, 0.29) is 10.8 Å². The van der Waals surface area contributed by atoms with Gasteiger partial charge in [-0.05, 0) is 12.1 Å². The lowest BCUT2D eigenvalue weighted by Crippen LogP contribution is -1.96. The van der Waals surface area contributed by atoms with Gasteiger partial charge in [-0.2, -0.15) is 0 Å². The molecule has 1 aromatic rings. The van der Waals surface area contributed by atoms with Crippen molar-refractivity contribution in [3.63, 3.8) is 0 Å². The first kappa shape index (κ1) is 9.65. The molecule has 0 spiro atoms. The molecule has 0 amide bonds. The van der Waals surface area contributed by atoms with Crippen molar-refractivity contribution in [1.29, 1.82) is 0 Å². The van der Waals surface area contributed by atoms with Gasteiger partial charge in [0.05, 0.1) is 5.02 Å². The third-order valence-electron chi connectivity index (χ3n) is 1.08. The molecule has 1 rings (SSSR count). The monoisotopic (exact) mass is 224 g/mol. The lowest BCUT2D eigenvalue weighted by molar-refractivity contribution is 0.225. The van der Waals surface area contributed by atoms with Gasteiger partial charge in [0.25, 0.3) is 0 Å². The fourth-order valence-corrected chi connectivity index (χ4v) is 1.04. The Morgan fingerprint density at radius 3 is 2.58 bits per heavy atom. The van der Waals surface area contributed by atoms with E-state index in [1.807, 2.05) is 0 Å². The standard InChI is InChI=1S/C7H3Cl3O2/c8-4-1-2-5(9)6(3-4)12-7(10)11/h1-3H. The van der Waals surface area contributed by atoms with Crippen molar-refractivity contribution in [1.82, 2.24) is 0 Å². The molecule has 0 saturated heterocycles. The van der Waals surface area contributed by atoms with E-state index in [4.69, 9.17) is 34.8 Å². The number of hydrogen-bond donors (Lipinski definition) is 0. The minimum Gasteiger partial charge on any atom is -0.413 e. The minimum absolute atomic E-state index is 0.157. The number of rotatable bonds is 1. The zero-order valence-electron chi connectivity index (χ0n) is 5.68. The van der Waals surface area contributed by atoms with E-state index < -0.39 is 5.43 Å². The molecule has 0 atom stereocenters. The molecule has 0 heterocycles. The summed E-state index contributed by atoms with van der Waals surface area (Å²) in [5.41, 5.74) is -0.945. The first-order valence-electron chi connectivity index (χ1n) is 2.92. The minimum atomic E-state index is -0.945. The molecule has 0 unspecified atom stereocenters. The molecule has 0 saturated carbocycles. The number of hydrogen-bond acceptors (Lipinski definition) is 2. The first-order chi connectivity index (χ1) is 5.59. The summed E-state index contributed by atoms with van der Waals surface area (Å²) in [7, 11) is 0. The van der Waals surface area contributed by atoms with Crippen molar-refractivity contribution < 1.29 is 9.53 Å². The number of ether oxygens (including phenoxy) is 1. The molecule has 0 aliphatic rings. The van der Waals surface area contributed by atoms with Crippen molar-refractivity contribution in [3.05, 3.63) is 28.2 Å². The van der Waals surface area contributed by atoms with Crippen LogP contribution in [0.25, 0.3) is 0 Å². The average Bonchev–Trinajstić information content (AvgIpc) is 1.96. The van der Waals surface area contributed by atoms with Gasteiger partial charge in [0.15, 0.2) is 5.75 Å². The quantitative estimate of drug-likeness (QED) is 0.681. The SMILES string of the molecule is O=C(Cl)Oc1cc(Cl)ccc1Cl. The smallest absolute Gasteiger partial charge is 0.409 e. The molecule has 1 aromatic carbocycles. The summed E-state index contributed by atoms with van der Waals surface area (Å²) < 4.78 is 4.54. The summed E-state index contributed by atoms with van der Waals surface area (Å²) in [5, 5.41) is 0.709. The molecule has 2 nitrogen and oxygen atoms in total. The van der Waals surface area contributed by atoms with Crippen LogP contribution in [0.1, 0.15) is 0 Å². The van der Waals surface area contributed by atoms with E-state index >= 15 is 0 Å². The summed E-state index contributed by atoms with van der Waals surface area (Å²) in [4.78, 5) is 10.3. The van der Waals surface area contributed by atoms with E-state index in [2.05, 4.69) is 4.74 Å². The summed E-state index contributed by atoms with van der Waals surface area (Å²) in [6.07, 6.45) is 0. The van der Waals surface area contributed by atoms with Crippen LogP contribution < -0.4 is 4.74 Å². The molecule has 0 N–H and O–H groups in total. The maximum Gasteiger partial charge on any atom is 0.409 e. The normalized spacial score (nSPS) is 9.58. The Labute approximate surface area is 84.0 Å². The number of benzene rings is 1. The molecule has 0 radical (unpaired) electrons. The fraction of sp³-hybridized carbons (Fsp3) is 0. The van der Waals surface area contributed by atoms with Gasteiger partial charge in [-0.1, -0.05) is 23.2 Å². The zero-order valence-corrected chi connectivity index (χ0v) is 7.95. The van der Waals surface area contributed by atoms with Gasteiger partial charge < -0.3 is 4.74 Å². The lowest BCUT2D eigenvalue weighted by atomic mass is 10.3. The molecule has 5 heteroatoms. The van der Waals surface area contributed by atoms with Crippen molar-refractivity contribution >= 4 is 40.2 Å². The van der Waals surface area contributed by atoms with Crippen molar-refractivity contribution in [2.45, 2.75) is 0 Å². The van der Waals surface area contributed by atoms with Gasteiger partial charge in [-0.25, -0.2) is 4.79 Å². The van der Waals surface area contributed by atoms with Gasteiger partial charge >= 0.3 is 5.43 Å². The first-order valence-corrected chi connectivity index (χ1v) is 4.05. The second-order valence-electron chi connectivity index (χ2n) is 1.91. The molecule has 0 aliphatic carbocycles. The van der Waals surface area contributed by atoms with Gasteiger partial charge in [-0.3, -0.25) is 0 Å². The third kappa shape index (κ3) is 2.55. The van der Waals surface area contributed by atoms with Crippen LogP contribution in [0, 0.1) is 0 Å². The van der Waals surface area contributed by atoms with Crippen LogP contribution in [0.2, 0.25) is 10.0 Å². The van der Waals surface area contributed by atoms with Gasteiger partial charge in [0, 0.05) is 22.7 Å². The van der Waals surface area contributed by atoms with Crippen LogP contribution in [0.5, 0.6) is 5.75 Å². The summed E-state index contributed by atoms with van der Waals surface area (Å²) in [6, 6.07) is 4.50. The van der Waals surface area contributed by atoms with E-state index in [1.165, 1.54) is 12.1 Å². The molecule has 0 bridgehead atoms. The Morgan fingerprint density at radius 1 is 1.33 bits per heavy atom. The van der Waals surface area contributed by atoms with Crippen LogP contribution >= 0.6 is 34.8 Å². The highest BCUT2D eigenvalue weighted by Crippen LogP contribution is 2.27. The summed E-state index contributed by atoms with van der Waals surface area (Å²) in [5.74, 6) is 0.157. The second kappa shape index (κ2) is 3.99. The predicted octanol–water partition coefficient (Wildman–Crippen LogP) is 3.73. The molecule has 64 valence electrons. The number of carbonyl (C=O) groups excluding carboxylic acids is 1. The van der Waals surface area contributed by atoms with Crippen LogP contribution in [0.15, 0.2) is 18.2 Å². The van der Waals surface area contributed by atoms with Crippen LogP contribution in [0.4, 0.5) is 4.79 Å². The van der Waals surface area contributed by atoms with Crippen molar-refractivity contribution in [2.24, 2.45) is 0 Å².